The lowest BCUT2D eigenvalue weighted by Gasteiger charge is -2.06. The number of primary amides is 1. The standard InChI is InChI=1S/C6H10N2O.ClH/c7-6(9)5-2-3-1-4(3)8-5;/h3-5,8H,1-2H2,(H2,7,9);1H/t3-,4-,5+;/m0./s1. The molecular formula is C6H11ClN2O. The molecule has 2 aliphatic rings. The molecule has 1 aliphatic heterocycles. The average Bonchev–Trinajstić information content (AvgIpc) is 2.40. The van der Waals surface area contributed by atoms with Crippen LogP contribution in [0.1, 0.15) is 12.8 Å². The van der Waals surface area contributed by atoms with Crippen LogP contribution in [0.3, 0.4) is 0 Å². The number of fused-ring (bicyclic) bond motifs is 1. The number of rotatable bonds is 1. The highest BCUT2D eigenvalue weighted by molar-refractivity contribution is 5.85. The summed E-state index contributed by atoms with van der Waals surface area (Å²) >= 11 is 0. The molecule has 58 valence electrons. The molecule has 0 spiro atoms. The van der Waals surface area contributed by atoms with Crippen LogP contribution >= 0.6 is 12.4 Å². The maximum Gasteiger partial charge on any atom is 0.234 e. The number of hydrogen-bond donors (Lipinski definition) is 2. The molecule has 10 heavy (non-hydrogen) atoms. The average molecular weight is 163 g/mol. The van der Waals surface area contributed by atoms with E-state index in [1.807, 2.05) is 0 Å². The molecule has 1 aliphatic carbocycles. The Bertz CT molecular complexity index is 152. The summed E-state index contributed by atoms with van der Waals surface area (Å²) in [5, 5.41) is 3.15. The number of piperidine rings is 1. The van der Waals surface area contributed by atoms with Crippen LogP contribution in [-0.4, -0.2) is 18.0 Å². The first-order valence-corrected chi connectivity index (χ1v) is 3.33. The normalized spacial score (nSPS) is 41.8. The third-order valence-corrected chi connectivity index (χ3v) is 2.22. The highest BCUT2D eigenvalue weighted by Crippen LogP contribution is 2.40. The highest BCUT2D eigenvalue weighted by Gasteiger charge is 2.47. The Morgan fingerprint density at radius 3 is 2.50 bits per heavy atom. The predicted octanol–water partition coefficient (Wildman–Crippen LogP) is -0.356. The van der Waals surface area contributed by atoms with Crippen LogP contribution in [0.2, 0.25) is 0 Å². The van der Waals surface area contributed by atoms with E-state index < -0.39 is 0 Å². The first-order valence-electron chi connectivity index (χ1n) is 3.33. The van der Waals surface area contributed by atoms with Crippen LogP contribution in [0.15, 0.2) is 0 Å². The van der Waals surface area contributed by atoms with Crippen LogP contribution in [0.4, 0.5) is 0 Å². The highest BCUT2D eigenvalue weighted by atomic mass is 35.5. The molecule has 2 fully saturated rings. The molecular weight excluding hydrogens is 152 g/mol. The minimum atomic E-state index is -0.192. The van der Waals surface area contributed by atoms with Gasteiger partial charge in [-0.1, -0.05) is 0 Å². The predicted molar refractivity (Wildman–Crippen MR) is 39.9 cm³/mol. The fourth-order valence-corrected chi connectivity index (χ4v) is 1.54. The second-order valence-corrected chi connectivity index (χ2v) is 2.96. The summed E-state index contributed by atoms with van der Waals surface area (Å²) in [6.07, 6.45) is 2.23. The lowest BCUT2D eigenvalue weighted by Crippen LogP contribution is -2.38. The van der Waals surface area contributed by atoms with E-state index in [9.17, 15) is 4.79 Å². The monoisotopic (exact) mass is 162 g/mol. The molecule has 0 aromatic rings. The molecule has 1 saturated carbocycles. The summed E-state index contributed by atoms with van der Waals surface area (Å²) in [5.74, 6) is 0.574. The lowest BCUT2D eigenvalue weighted by atomic mass is 10.2. The molecule has 3 nitrogen and oxygen atoms in total. The zero-order chi connectivity index (χ0) is 6.43. The topological polar surface area (TPSA) is 55.1 Å². The van der Waals surface area contributed by atoms with Gasteiger partial charge in [0.05, 0.1) is 6.04 Å². The van der Waals surface area contributed by atoms with Gasteiger partial charge in [0.15, 0.2) is 0 Å². The van der Waals surface area contributed by atoms with Gasteiger partial charge in [0, 0.05) is 6.04 Å². The molecule has 1 amide bonds. The number of nitrogens with one attached hydrogen (secondary N) is 1. The van der Waals surface area contributed by atoms with Crippen LogP contribution in [-0.2, 0) is 4.79 Å². The van der Waals surface area contributed by atoms with Gasteiger partial charge < -0.3 is 11.1 Å². The van der Waals surface area contributed by atoms with Crippen LogP contribution < -0.4 is 11.1 Å². The van der Waals surface area contributed by atoms with Gasteiger partial charge in [-0.05, 0) is 18.8 Å². The van der Waals surface area contributed by atoms with E-state index in [0.29, 0.717) is 6.04 Å². The number of carbonyl (C=O) groups excluding carboxylic acids is 1. The third-order valence-electron chi connectivity index (χ3n) is 2.22. The van der Waals surface area contributed by atoms with Crippen molar-refractivity contribution in [1.82, 2.24) is 5.32 Å². The molecule has 4 heteroatoms. The van der Waals surface area contributed by atoms with Gasteiger partial charge in [-0.2, -0.15) is 0 Å². The largest absolute Gasteiger partial charge is 0.368 e. The molecule has 0 radical (unpaired) electrons. The summed E-state index contributed by atoms with van der Waals surface area (Å²) < 4.78 is 0. The summed E-state index contributed by atoms with van der Waals surface area (Å²) in [4.78, 5) is 10.5. The summed E-state index contributed by atoms with van der Waals surface area (Å²) in [5.41, 5.74) is 5.08. The van der Waals surface area contributed by atoms with Gasteiger partial charge in [-0.25, -0.2) is 0 Å². The van der Waals surface area contributed by atoms with Gasteiger partial charge in [0.25, 0.3) is 0 Å². The summed E-state index contributed by atoms with van der Waals surface area (Å²) in [6.45, 7) is 0. The fourth-order valence-electron chi connectivity index (χ4n) is 1.54. The second-order valence-electron chi connectivity index (χ2n) is 2.96. The SMILES string of the molecule is Cl.NC(=O)[C@H]1C[C@@H]2C[C@@H]2N1. The van der Waals surface area contributed by atoms with E-state index in [1.165, 1.54) is 6.42 Å². The number of halogens is 1. The Labute approximate surface area is 65.8 Å². The van der Waals surface area contributed by atoms with E-state index in [1.54, 1.807) is 0 Å². The zero-order valence-corrected chi connectivity index (χ0v) is 6.36. The van der Waals surface area contributed by atoms with Gasteiger partial charge in [0.2, 0.25) is 5.91 Å². The molecule has 3 atom stereocenters. The van der Waals surface area contributed by atoms with E-state index in [4.69, 9.17) is 5.73 Å². The molecule has 0 aromatic carbocycles. The Morgan fingerprint density at radius 2 is 2.20 bits per heavy atom. The first kappa shape index (κ1) is 7.82. The number of nitrogens with two attached hydrogens (primary N) is 1. The fraction of sp³-hybridized carbons (Fsp3) is 0.833. The minimum Gasteiger partial charge on any atom is -0.368 e. The van der Waals surface area contributed by atoms with Crippen molar-refractivity contribution in [3.05, 3.63) is 0 Å². The van der Waals surface area contributed by atoms with Crippen molar-refractivity contribution in [3.8, 4) is 0 Å². The van der Waals surface area contributed by atoms with Crippen molar-refractivity contribution < 1.29 is 4.79 Å². The molecule has 3 N–H and O–H groups in total. The third kappa shape index (κ3) is 1.11. The number of amides is 1. The van der Waals surface area contributed by atoms with Gasteiger partial charge in [0.1, 0.15) is 0 Å². The van der Waals surface area contributed by atoms with Gasteiger partial charge in [-0.3, -0.25) is 4.79 Å². The van der Waals surface area contributed by atoms with Gasteiger partial charge in [-0.15, -0.1) is 12.4 Å². The van der Waals surface area contributed by atoms with Crippen LogP contribution in [0.25, 0.3) is 0 Å². The number of hydrogen-bond acceptors (Lipinski definition) is 2. The summed E-state index contributed by atoms with van der Waals surface area (Å²) in [7, 11) is 0. The van der Waals surface area contributed by atoms with Crippen LogP contribution in [0.5, 0.6) is 0 Å². The Morgan fingerprint density at radius 1 is 1.50 bits per heavy atom. The second kappa shape index (κ2) is 2.40. The molecule has 0 aromatic heterocycles. The van der Waals surface area contributed by atoms with Crippen molar-refractivity contribution >= 4 is 18.3 Å². The Balaban J connectivity index is 0.000000500. The van der Waals surface area contributed by atoms with Crippen molar-refractivity contribution in [2.24, 2.45) is 11.7 Å². The molecule has 0 unspecified atom stereocenters. The van der Waals surface area contributed by atoms with Crippen molar-refractivity contribution in [1.29, 1.82) is 0 Å². The van der Waals surface area contributed by atoms with Gasteiger partial charge >= 0.3 is 0 Å². The summed E-state index contributed by atoms with van der Waals surface area (Å²) in [6, 6.07) is 0.608. The smallest absolute Gasteiger partial charge is 0.234 e. The zero-order valence-electron chi connectivity index (χ0n) is 5.54. The van der Waals surface area contributed by atoms with Crippen LogP contribution in [0, 0.1) is 5.92 Å². The van der Waals surface area contributed by atoms with Crippen molar-refractivity contribution in [2.45, 2.75) is 24.9 Å². The van der Waals surface area contributed by atoms with E-state index in [2.05, 4.69) is 5.32 Å². The maximum absolute atomic E-state index is 10.5. The quantitative estimate of drug-likeness (QED) is 0.554. The van der Waals surface area contributed by atoms with E-state index in [0.717, 1.165) is 12.3 Å². The van der Waals surface area contributed by atoms with Crippen molar-refractivity contribution in [3.63, 3.8) is 0 Å². The first-order chi connectivity index (χ1) is 4.27. The minimum absolute atomic E-state index is 0. The van der Waals surface area contributed by atoms with Crippen molar-refractivity contribution in [2.75, 3.05) is 0 Å². The molecule has 1 heterocycles. The van der Waals surface area contributed by atoms with E-state index in [-0.39, 0.29) is 24.4 Å². The van der Waals surface area contributed by atoms with E-state index >= 15 is 0 Å². The number of carbonyl (C=O) groups is 1. The Hall–Kier alpha value is -0.280. The molecule has 0 bridgehead atoms. The molecule has 2 rings (SSSR count). The Kier molecular flexibility index (Phi) is 1.88. The lowest BCUT2D eigenvalue weighted by molar-refractivity contribution is -0.119. The molecule has 1 saturated heterocycles. The maximum atomic E-state index is 10.5.